The zero-order valence-electron chi connectivity index (χ0n) is 6.55. The fraction of sp³-hybridized carbons (Fsp3) is 1.00. The molecule has 0 aromatic carbocycles. The van der Waals surface area contributed by atoms with Crippen LogP contribution in [-0.4, -0.2) is 30.6 Å². The summed E-state index contributed by atoms with van der Waals surface area (Å²) in [6, 6.07) is 0. The second-order valence-corrected chi connectivity index (χ2v) is 3.18. The van der Waals surface area contributed by atoms with Crippen molar-refractivity contribution in [2.24, 2.45) is 5.92 Å². The van der Waals surface area contributed by atoms with Gasteiger partial charge in [-0.1, -0.05) is 5.92 Å². The molecule has 3 saturated heterocycles. The van der Waals surface area contributed by atoms with Crippen molar-refractivity contribution < 1.29 is 34.7 Å². The van der Waals surface area contributed by atoms with Crippen molar-refractivity contribution in [1.82, 2.24) is 4.90 Å². The molecule has 3 heteroatoms. The van der Waals surface area contributed by atoms with Gasteiger partial charge in [-0.25, -0.2) is 0 Å². The maximum Gasteiger partial charge on any atom is 1.00 e. The van der Waals surface area contributed by atoms with Crippen LogP contribution in [0.4, 0.5) is 0 Å². The molecule has 0 saturated carbocycles. The summed E-state index contributed by atoms with van der Waals surface area (Å²) in [6.07, 6.45) is 2.06. The van der Waals surface area contributed by atoms with Crippen molar-refractivity contribution in [1.29, 1.82) is 0 Å². The van der Waals surface area contributed by atoms with Crippen LogP contribution in [0.5, 0.6) is 0 Å². The average Bonchev–Trinajstić information content (AvgIpc) is 1.90. The second kappa shape index (κ2) is 3.55. The number of hydrogen-bond acceptors (Lipinski definition) is 2. The van der Waals surface area contributed by atoms with Gasteiger partial charge in [0.05, 0.1) is 0 Å². The Labute approximate surface area is 83.9 Å². The summed E-state index contributed by atoms with van der Waals surface area (Å²) in [4.78, 5) is 2.29. The third-order valence-corrected chi connectivity index (χ3v) is 2.60. The van der Waals surface area contributed by atoms with E-state index in [9.17, 15) is 5.11 Å². The molecule has 3 heterocycles. The van der Waals surface area contributed by atoms with Crippen LogP contribution in [0.2, 0.25) is 0 Å². The Morgan fingerprint density at radius 2 is 1.80 bits per heavy atom. The number of hydrogen-bond donors (Lipinski definition) is 0. The quantitative estimate of drug-likeness (QED) is 0.333. The molecule has 3 aliphatic rings. The van der Waals surface area contributed by atoms with E-state index in [-0.39, 0.29) is 35.7 Å². The SMILES string of the molecule is [Na+].[O-][C@H]1CN2CCC1CC2. The normalized spacial score (nSPS) is 44.7. The molecule has 0 aliphatic carbocycles. The number of nitrogens with zero attached hydrogens (tertiary/aromatic N) is 1. The summed E-state index contributed by atoms with van der Waals surface area (Å²) in [7, 11) is 0. The first-order chi connectivity index (χ1) is 4.36. The third kappa shape index (κ3) is 1.56. The molecule has 52 valence electrons. The van der Waals surface area contributed by atoms with E-state index < -0.39 is 0 Å². The molecule has 0 aromatic rings. The summed E-state index contributed by atoms with van der Waals surface area (Å²) in [5.74, 6) is 0.523. The summed E-state index contributed by atoms with van der Waals surface area (Å²) < 4.78 is 0. The number of piperidine rings is 3. The van der Waals surface area contributed by atoms with Crippen LogP contribution in [0.25, 0.3) is 0 Å². The first-order valence-electron chi connectivity index (χ1n) is 3.74. The largest absolute Gasteiger partial charge is 1.00 e. The van der Waals surface area contributed by atoms with Crippen molar-refractivity contribution in [3.8, 4) is 0 Å². The Balaban J connectivity index is 0.000000500. The third-order valence-electron chi connectivity index (χ3n) is 2.60. The molecule has 2 bridgehead atoms. The first kappa shape index (κ1) is 9.01. The molecule has 0 unspecified atom stereocenters. The zero-order valence-corrected chi connectivity index (χ0v) is 8.55. The molecule has 10 heavy (non-hydrogen) atoms. The van der Waals surface area contributed by atoms with Gasteiger partial charge in [0.2, 0.25) is 0 Å². The Bertz CT molecular complexity index is 112. The van der Waals surface area contributed by atoms with E-state index in [1.807, 2.05) is 0 Å². The summed E-state index contributed by atoms with van der Waals surface area (Å²) in [5.41, 5.74) is 0. The van der Waals surface area contributed by atoms with E-state index in [4.69, 9.17) is 0 Å². The Morgan fingerprint density at radius 1 is 1.20 bits per heavy atom. The predicted molar refractivity (Wildman–Crippen MR) is 33.0 cm³/mol. The van der Waals surface area contributed by atoms with Crippen LogP contribution in [0.3, 0.4) is 0 Å². The second-order valence-electron chi connectivity index (χ2n) is 3.18. The van der Waals surface area contributed by atoms with Crippen LogP contribution in [-0.2, 0) is 0 Å². The fourth-order valence-corrected chi connectivity index (χ4v) is 1.91. The molecule has 3 fully saturated rings. The average molecular weight is 149 g/mol. The van der Waals surface area contributed by atoms with E-state index >= 15 is 0 Å². The molecule has 0 amide bonds. The van der Waals surface area contributed by atoms with Crippen LogP contribution < -0.4 is 34.7 Å². The van der Waals surface area contributed by atoms with Gasteiger partial charge >= 0.3 is 29.6 Å². The molecule has 0 spiro atoms. The van der Waals surface area contributed by atoms with Crippen molar-refractivity contribution in [2.45, 2.75) is 18.9 Å². The molecule has 3 aliphatic heterocycles. The molecule has 0 radical (unpaired) electrons. The van der Waals surface area contributed by atoms with Gasteiger partial charge < -0.3 is 10.0 Å². The van der Waals surface area contributed by atoms with Crippen LogP contribution in [0, 0.1) is 5.92 Å². The molecule has 0 aromatic heterocycles. The molecule has 1 atom stereocenters. The smallest absolute Gasteiger partial charge is 0.851 e. The topological polar surface area (TPSA) is 26.3 Å². The minimum absolute atomic E-state index is 0. The summed E-state index contributed by atoms with van der Waals surface area (Å²) in [6.45, 7) is 3.19. The van der Waals surface area contributed by atoms with Crippen molar-refractivity contribution >= 4 is 0 Å². The maximum atomic E-state index is 11.1. The maximum absolute atomic E-state index is 11.1. The Hall–Kier alpha value is 0.920. The van der Waals surface area contributed by atoms with E-state index in [0.717, 1.165) is 19.4 Å². The zero-order chi connectivity index (χ0) is 6.27. The van der Waals surface area contributed by atoms with Gasteiger partial charge in [-0.15, -0.1) is 6.10 Å². The van der Waals surface area contributed by atoms with Crippen molar-refractivity contribution in [3.63, 3.8) is 0 Å². The van der Waals surface area contributed by atoms with Gasteiger partial charge in [0, 0.05) is 0 Å². The monoisotopic (exact) mass is 149 g/mol. The number of fused-ring (bicyclic) bond motifs is 3. The predicted octanol–water partition coefficient (Wildman–Crippen LogP) is -3.56. The molecular weight excluding hydrogens is 137 g/mol. The van der Waals surface area contributed by atoms with Crippen LogP contribution >= 0.6 is 0 Å². The van der Waals surface area contributed by atoms with E-state index in [1.54, 1.807) is 0 Å². The molecule has 2 nitrogen and oxygen atoms in total. The number of rotatable bonds is 0. The van der Waals surface area contributed by atoms with E-state index in [0.29, 0.717) is 5.92 Å². The van der Waals surface area contributed by atoms with Gasteiger partial charge in [-0.05, 0) is 32.5 Å². The van der Waals surface area contributed by atoms with Gasteiger partial charge in [0.25, 0.3) is 0 Å². The van der Waals surface area contributed by atoms with Gasteiger partial charge in [0.1, 0.15) is 0 Å². The Kier molecular flexibility index (Phi) is 3.20. The van der Waals surface area contributed by atoms with Crippen LogP contribution in [0.15, 0.2) is 0 Å². The summed E-state index contributed by atoms with van der Waals surface area (Å²) >= 11 is 0. The minimum Gasteiger partial charge on any atom is -0.851 e. The standard InChI is InChI=1S/C7H12NO.Na/c9-7-5-8-3-1-6(7)2-4-8;/h6-7H,1-5H2;/q-1;+1/t7-;/m0./s1. The first-order valence-corrected chi connectivity index (χ1v) is 3.74. The van der Waals surface area contributed by atoms with Crippen LogP contribution in [0.1, 0.15) is 12.8 Å². The summed E-state index contributed by atoms with van der Waals surface area (Å²) in [5, 5.41) is 11.1. The van der Waals surface area contributed by atoms with E-state index in [2.05, 4.69) is 4.90 Å². The minimum atomic E-state index is -0.257. The molecule has 0 N–H and O–H groups in total. The fourth-order valence-electron chi connectivity index (χ4n) is 1.91. The van der Waals surface area contributed by atoms with Crippen molar-refractivity contribution in [2.75, 3.05) is 19.6 Å². The van der Waals surface area contributed by atoms with Gasteiger partial charge in [-0.3, -0.25) is 0 Å². The molecular formula is C7H12NNaO. The molecule has 3 rings (SSSR count). The van der Waals surface area contributed by atoms with Gasteiger partial charge in [-0.2, -0.15) is 0 Å². The Morgan fingerprint density at radius 3 is 2.00 bits per heavy atom. The van der Waals surface area contributed by atoms with Gasteiger partial charge in [0.15, 0.2) is 0 Å². The van der Waals surface area contributed by atoms with E-state index in [1.165, 1.54) is 13.1 Å². The van der Waals surface area contributed by atoms with Crippen molar-refractivity contribution in [3.05, 3.63) is 0 Å².